The fourth-order valence-corrected chi connectivity index (χ4v) is 2.40. The van der Waals surface area contributed by atoms with Crippen LogP contribution in [0.2, 0.25) is 0 Å². The normalized spacial score (nSPS) is 12.1. The third-order valence-corrected chi connectivity index (χ3v) is 3.49. The Bertz CT molecular complexity index is 730. The number of rotatable bonds is 7. The Hall–Kier alpha value is -2.77. The van der Waals surface area contributed by atoms with Crippen molar-refractivity contribution in [2.45, 2.75) is 39.7 Å². The van der Waals surface area contributed by atoms with Crippen molar-refractivity contribution < 1.29 is 9.53 Å². The summed E-state index contributed by atoms with van der Waals surface area (Å²) in [6.45, 7) is 9.88. The number of nitrogens with zero attached hydrogens (tertiary/aromatic N) is 2. The maximum atomic E-state index is 11.6. The lowest BCUT2D eigenvalue weighted by molar-refractivity contribution is 0.0529. The smallest absolute Gasteiger partial charge is 0.407 e. The van der Waals surface area contributed by atoms with Gasteiger partial charge in [0.15, 0.2) is 5.96 Å². The van der Waals surface area contributed by atoms with Crippen molar-refractivity contribution >= 4 is 23.1 Å². The number of amides is 1. The largest absolute Gasteiger partial charge is 0.444 e. The molecule has 0 spiro atoms. The van der Waals surface area contributed by atoms with Crippen molar-refractivity contribution in [2.75, 3.05) is 26.2 Å². The number of ether oxygens (including phenoxy) is 1. The molecule has 0 bridgehead atoms. The van der Waals surface area contributed by atoms with E-state index in [4.69, 9.17) is 4.74 Å². The Labute approximate surface area is 160 Å². The minimum atomic E-state index is -0.495. The van der Waals surface area contributed by atoms with E-state index in [0.717, 1.165) is 29.8 Å². The van der Waals surface area contributed by atoms with Crippen LogP contribution >= 0.6 is 0 Å². The maximum absolute atomic E-state index is 11.6. The van der Waals surface area contributed by atoms with Gasteiger partial charge in [0.2, 0.25) is 0 Å². The molecule has 0 aliphatic heterocycles. The van der Waals surface area contributed by atoms with E-state index in [-0.39, 0.29) is 0 Å². The maximum Gasteiger partial charge on any atom is 0.407 e. The first-order valence-corrected chi connectivity index (χ1v) is 9.30. The number of aliphatic imine (C=N–C) groups is 1. The van der Waals surface area contributed by atoms with E-state index in [1.54, 1.807) is 0 Å². The zero-order chi connectivity index (χ0) is 19.7. The molecule has 0 saturated heterocycles. The average Bonchev–Trinajstić information content (AvgIpc) is 2.99. The standard InChI is InChI=1S/C19H30N6O2/c1-5-20-17(22-12-13-23-18(26)27-19(2,3)4)21-11-10-16-24-14-8-6-7-9-15(14)25-16/h6-9H,5,10-13H2,1-4H3,(H,23,26)(H,24,25)(H2,20,21,22). The summed E-state index contributed by atoms with van der Waals surface area (Å²) in [6, 6.07) is 7.96. The molecule has 8 heteroatoms. The molecule has 1 amide bonds. The number of aromatic amines is 1. The molecule has 0 aliphatic carbocycles. The second-order valence-electron chi connectivity index (χ2n) is 7.07. The highest BCUT2D eigenvalue weighted by atomic mass is 16.6. The van der Waals surface area contributed by atoms with E-state index in [0.29, 0.717) is 25.6 Å². The molecule has 0 radical (unpaired) electrons. The molecule has 0 atom stereocenters. The second kappa shape index (κ2) is 9.80. The molecule has 0 aliphatic rings. The SMILES string of the molecule is CCNC(=NCCc1nc2ccccc2[nH]1)NCCNC(=O)OC(C)(C)C. The van der Waals surface area contributed by atoms with Gasteiger partial charge in [0.25, 0.3) is 0 Å². The summed E-state index contributed by atoms with van der Waals surface area (Å²) in [5, 5.41) is 9.09. The Kier molecular flexibility index (Phi) is 7.45. The molecule has 148 valence electrons. The summed E-state index contributed by atoms with van der Waals surface area (Å²) < 4.78 is 5.20. The molecule has 8 nitrogen and oxygen atoms in total. The van der Waals surface area contributed by atoms with Crippen LogP contribution in [0.4, 0.5) is 4.79 Å². The minimum absolute atomic E-state index is 0.420. The van der Waals surface area contributed by atoms with Crippen LogP contribution in [0.3, 0.4) is 0 Å². The lowest BCUT2D eigenvalue weighted by atomic mass is 10.2. The fourth-order valence-electron chi connectivity index (χ4n) is 2.40. The summed E-state index contributed by atoms with van der Waals surface area (Å²) >= 11 is 0. The number of carbonyl (C=O) groups is 1. The van der Waals surface area contributed by atoms with Crippen molar-refractivity contribution in [1.29, 1.82) is 0 Å². The summed E-state index contributed by atoms with van der Waals surface area (Å²) in [6.07, 6.45) is 0.303. The van der Waals surface area contributed by atoms with Crippen LogP contribution in [-0.4, -0.2) is 53.8 Å². The van der Waals surface area contributed by atoms with E-state index in [1.165, 1.54) is 0 Å². The number of hydrogen-bond donors (Lipinski definition) is 4. The van der Waals surface area contributed by atoms with Crippen LogP contribution < -0.4 is 16.0 Å². The number of alkyl carbamates (subject to hydrolysis) is 1. The summed E-state index contributed by atoms with van der Waals surface area (Å²) in [7, 11) is 0. The van der Waals surface area contributed by atoms with Gasteiger partial charge in [0.1, 0.15) is 11.4 Å². The van der Waals surface area contributed by atoms with Crippen LogP contribution in [0.15, 0.2) is 29.3 Å². The first-order chi connectivity index (χ1) is 12.9. The van der Waals surface area contributed by atoms with Gasteiger partial charge in [-0.1, -0.05) is 12.1 Å². The molecule has 2 aromatic rings. The molecule has 0 saturated carbocycles. The quantitative estimate of drug-likeness (QED) is 0.338. The van der Waals surface area contributed by atoms with Crippen LogP contribution in [0, 0.1) is 0 Å². The van der Waals surface area contributed by atoms with Gasteiger partial charge < -0.3 is 25.7 Å². The molecular weight excluding hydrogens is 344 g/mol. The predicted octanol–water partition coefficient (Wildman–Crippen LogP) is 2.19. The van der Waals surface area contributed by atoms with Gasteiger partial charge in [-0.25, -0.2) is 9.78 Å². The second-order valence-corrected chi connectivity index (χ2v) is 7.07. The van der Waals surface area contributed by atoms with E-state index in [1.807, 2.05) is 52.0 Å². The van der Waals surface area contributed by atoms with Gasteiger partial charge in [0.05, 0.1) is 11.0 Å². The zero-order valence-electron chi connectivity index (χ0n) is 16.6. The molecule has 4 N–H and O–H groups in total. The Morgan fingerprint density at radius 2 is 1.93 bits per heavy atom. The van der Waals surface area contributed by atoms with Crippen LogP contribution in [0.1, 0.15) is 33.5 Å². The van der Waals surface area contributed by atoms with Crippen molar-refractivity contribution in [3.63, 3.8) is 0 Å². The highest BCUT2D eigenvalue weighted by Crippen LogP contribution is 2.10. The average molecular weight is 374 g/mol. The van der Waals surface area contributed by atoms with Crippen LogP contribution in [0.25, 0.3) is 11.0 Å². The monoisotopic (exact) mass is 374 g/mol. The number of aromatic nitrogens is 2. The third-order valence-electron chi connectivity index (χ3n) is 3.49. The highest BCUT2D eigenvalue weighted by Gasteiger charge is 2.15. The Morgan fingerprint density at radius 1 is 1.19 bits per heavy atom. The van der Waals surface area contributed by atoms with Crippen molar-refractivity contribution in [2.24, 2.45) is 4.99 Å². The van der Waals surface area contributed by atoms with Gasteiger partial charge in [-0.3, -0.25) is 4.99 Å². The Morgan fingerprint density at radius 3 is 2.63 bits per heavy atom. The number of para-hydroxylation sites is 2. The number of imidazole rings is 1. The predicted molar refractivity (Wildman–Crippen MR) is 108 cm³/mol. The van der Waals surface area contributed by atoms with E-state index in [2.05, 4.69) is 30.9 Å². The number of benzene rings is 1. The number of hydrogen-bond acceptors (Lipinski definition) is 4. The summed E-state index contributed by atoms with van der Waals surface area (Å²) in [5.41, 5.74) is 1.51. The number of H-pyrrole nitrogens is 1. The van der Waals surface area contributed by atoms with E-state index >= 15 is 0 Å². The number of carbonyl (C=O) groups excluding carboxylic acids is 1. The van der Waals surface area contributed by atoms with E-state index in [9.17, 15) is 4.79 Å². The molecule has 0 fully saturated rings. The molecule has 1 aromatic carbocycles. The highest BCUT2D eigenvalue weighted by molar-refractivity contribution is 5.79. The van der Waals surface area contributed by atoms with E-state index < -0.39 is 11.7 Å². The Balaban J connectivity index is 1.75. The van der Waals surface area contributed by atoms with Crippen LogP contribution in [-0.2, 0) is 11.2 Å². The number of fused-ring (bicyclic) bond motifs is 1. The fraction of sp³-hybridized carbons (Fsp3) is 0.526. The van der Waals surface area contributed by atoms with Gasteiger partial charge in [-0.15, -0.1) is 0 Å². The van der Waals surface area contributed by atoms with Gasteiger partial charge >= 0.3 is 6.09 Å². The molecule has 0 unspecified atom stereocenters. The first kappa shape index (κ1) is 20.5. The van der Waals surface area contributed by atoms with Crippen molar-refractivity contribution in [3.05, 3.63) is 30.1 Å². The summed E-state index contributed by atoms with van der Waals surface area (Å²) in [5.74, 6) is 1.63. The molecule has 27 heavy (non-hydrogen) atoms. The summed E-state index contributed by atoms with van der Waals surface area (Å²) in [4.78, 5) is 24.0. The zero-order valence-corrected chi connectivity index (χ0v) is 16.6. The van der Waals surface area contributed by atoms with Crippen molar-refractivity contribution in [3.8, 4) is 0 Å². The van der Waals surface area contributed by atoms with Crippen LogP contribution in [0.5, 0.6) is 0 Å². The molecule has 2 rings (SSSR count). The molecular formula is C19H30N6O2. The lowest BCUT2D eigenvalue weighted by Crippen LogP contribution is -2.42. The van der Waals surface area contributed by atoms with Gasteiger partial charge in [0, 0.05) is 32.6 Å². The molecule has 1 heterocycles. The number of nitrogens with one attached hydrogen (secondary N) is 4. The van der Waals surface area contributed by atoms with Gasteiger partial charge in [-0.2, -0.15) is 0 Å². The number of guanidine groups is 1. The topological polar surface area (TPSA) is 103 Å². The van der Waals surface area contributed by atoms with Crippen molar-refractivity contribution in [1.82, 2.24) is 25.9 Å². The van der Waals surface area contributed by atoms with Gasteiger partial charge in [-0.05, 0) is 39.8 Å². The minimum Gasteiger partial charge on any atom is -0.444 e. The first-order valence-electron chi connectivity index (χ1n) is 9.30. The molecule has 1 aromatic heterocycles. The third kappa shape index (κ3) is 7.55. The lowest BCUT2D eigenvalue weighted by Gasteiger charge is -2.19.